The van der Waals surface area contributed by atoms with Gasteiger partial charge in [0, 0.05) is 18.0 Å². The molecule has 0 saturated heterocycles. The van der Waals surface area contributed by atoms with Crippen LogP contribution in [0, 0.1) is 5.82 Å². The molecule has 2 aromatic carbocycles. The Labute approximate surface area is 128 Å². The minimum atomic E-state index is -3.23. The molecule has 0 radical (unpaired) electrons. The summed E-state index contributed by atoms with van der Waals surface area (Å²) in [6, 6.07) is 11.6. The first-order valence-corrected chi connectivity index (χ1v) is 8.28. The molecule has 0 spiro atoms. The average molecular weight is 319 g/mol. The third-order valence-electron chi connectivity index (χ3n) is 2.85. The standard InChI is InChI=1S/C16H14FNO3S/c1-22(20,21)15-9-2-12(3-10-15)4-11-16(19)18-14-7-5-13(17)6-8-14/h2-11H,1H3,(H,18,19). The van der Waals surface area contributed by atoms with Crippen molar-refractivity contribution in [2.45, 2.75) is 4.90 Å². The fourth-order valence-electron chi connectivity index (χ4n) is 1.72. The number of sulfone groups is 1. The number of carbonyl (C=O) groups is 1. The van der Waals surface area contributed by atoms with Crippen molar-refractivity contribution >= 4 is 27.5 Å². The average Bonchev–Trinajstić information content (AvgIpc) is 2.47. The van der Waals surface area contributed by atoms with Gasteiger partial charge in [-0.25, -0.2) is 12.8 Å². The predicted molar refractivity (Wildman–Crippen MR) is 83.6 cm³/mol. The van der Waals surface area contributed by atoms with Crippen molar-refractivity contribution < 1.29 is 17.6 Å². The lowest BCUT2D eigenvalue weighted by atomic mass is 10.2. The lowest BCUT2D eigenvalue weighted by molar-refractivity contribution is -0.111. The third kappa shape index (κ3) is 4.53. The summed E-state index contributed by atoms with van der Waals surface area (Å²) in [5.41, 5.74) is 1.19. The molecule has 0 heterocycles. The van der Waals surface area contributed by atoms with Crippen LogP contribution in [0.1, 0.15) is 5.56 Å². The maximum absolute atomic E-state index is 12.7. The van der Waals surface area contributed by atoms with Crippen LogP contribution < -0.4 is 5.32 Å². The van der Waals surface area contributed by atoms with Gasteiger partial charge in [0.2, 0.25) is 5.91 Å². The molecule has 22 heavy (non-hydrogen) atoms. The number of halogens is 1. The van der Waals surface area contributed by atoms with Crippen LogP contribution in [0.2, 0.25) is 0 Å². The second kappa shape index (κ2) is 6.53. The molecular formula is C16H14FNO3S. The number of anilines is 1. The normalized spacial score (nSPS) is 11.5. The summed E-state index contributed by atoms with van der Waals surface area (Å²) in [6.45, 7) is 0. The van der Waals surface area contributed by atoms with Crippen LogP contribution in [0.4, 0.5) is 10.1 Å². The van der Waals surface area contributed by atoms with Crippen LogP contribution in [0.25, 0.3) is 6.08 Å². The largest absolute Gasteiger partial charge is 0.323 e. The number of amides is 1. The Bertz CT molecular complexity index is 794. The van der Waals surface area contributed by atoms with E-state index in [4.69, 9.17) is 0 Å². The number of nitrogens with one attached hydrogen (secondary N) is 1. The summed E-state index contributed by atoms with van der Waals surface area (Å²) >= 11 is 0. The monoisotopic (exact) mass is 319 g/mol. The van der Waals surface area contributed by atoms with Gasteiger partial charge in [-0.15, -0.1) is 0 Å². The molecule has 0 bridgehead atoms. The predicted octanol–water partition coefficient (Wildman–Crippen LogP) is 2.88. The van der Waals surface area contributed by atoms with Crippen LogP contribution >= 0.6 is 0 Å². The molecule has 0 saturated carbocycles. The number of carbonyl (C=O) groups excluding carboxylic acids is 1. The lowest BCUT2D eigenvalue weighted by Gasteiger charge is -2.01. The van der Waals surface area contributed by atoms with Gasteiger partial charge in [0.25, 0.3) is 0 Å². The highest BCUT2D eigenvalue weighted by molar-refractivity contribution is 7.90. The quantitative estimate of drug-likeness (QED) is 0.881. The minimum absolute atomic E-state index is 0.223. The molecule has 0 fully saturated rings. The van der Waals surface area contributed by atoms with Crippen molar-refractivity contribution in [1.82, 2.24) is 0 Å². The Morgan fingerprint density at radius 1 is 1.05 bits per heavy atom. The second-order valence-corrected chi connectivity index (χ2v) is 6.69. The van der Waals surface area contributed by atoms with Crippen molar-refractivity contribution in [3.63, 3.8) is 0 Å². The molecule has 0 atom stereocenters. The first-order chi connectivity index (χ1) is 10.3. The number of benzene rings is 2. The molecule has 114 valence electrons. The van der Waals surface area contributed by atoms with Gasteiger partial charge in [-0.1, -0.05) is 12.1 Å². The van der Waals surface area contributed by atoms with E-state index < -0.39 is 9.84 Å². The highest BCUT2D eigenvalue weighted by Crippen LogP contribution is 2.12. The Hall–Kier alpha value is -2.47. The van der Waals surface area contributed by atoms with E-state index in [-0.39, 0.29) is 16.6 Å². The van der Waals surface area contributed by atoms with Gasteiger partial charge in [-0.05, 0) is 48.0 Å². The van der Waals surface area contributed by atoms with Gasteiger partial charge < -0.3 is 5.32 Å². The Morgan fingerprint density at radius 2 is 1.64 bits per heavy atom. The highest BCUT2D eigenvalue weighted by atomic mass is 32.2. The molecule has 0 aliphatic heterocycles. The van der Waals surface area contributed by atoms with Gasteiger partial charge in [-0.2, -0.15) is 0 Å². The molecule has 2 aromatic rings. The smallest absolute Gasteiger partial charge is 0.248 e. The Morgan fingerprint density at radius 3 is 2.18 bits per heavy atom. The molecular weight excluding hydrogens is 305 g/mol. The summed E-state index contributed by atoms with van der Waals surface area (Å²) in [4.78, 5) is 11.9. The molecule has 0 unspecified atom stereocenters. The van der Waals surface area contributed by atoms with E-state index in [1.807, 2.05) is 0 Å². The van der Waals surface area contributed by atoms with E-state index in [0.29, 0.717) is 11.3 Å². The summed E-state index contributed by atoms with van der Waals surface area (Å²) in [6.07, 6.45) is 4.01. The number of hydrogen-bond donors (Lipinski definition) is 1. The molecule has 0 aliphatic carbocycles. The van der Waals surface area contributed by atoms with Crippen LogP contribution in [-0.2, 0) is 14.6 Å². The summed E-state index contributed by atoms with van der Waals surface area (Å²) in [5.74, 6) is -0.738. The molecule has 1 N–H and O–H groups in total. The fraction of sp³-hybridized carbons (Fsp3) is 0.0625. The van der Waals surface area contributed by atoms with Crippen LogP contribution in [0.3, 0.4) is 0 Å². The molecule has 0 aromatic heterocycles. The topological polar surface area (TPSA) is 63.2 Å². The molecule has 2 rings (SSSR count). The zero-order chi connectivity index (χ0) is 16.2. The summed E-state index contributed by atoms with van der Waals surface area (Å²) in [7, 11) is -3.23. The van der Waals surface area contributed by atoms with E-state index in [1.54, 1.807) is 18.2 Å². The van der Waals surface area contributed by atoms with Crippen molar-refractivity contribution in [2.75, 3.05) is 11.6 Å². The maximum Gasteiger partial charge on any atom is 0.248 e. The van der Waals surface area contributed by atoms with Gasteiger partial charge >= 0.3 is 0 Å². The molecule has 6 heteroatoms. The van der Waals surface area contributed by atoms with Crippen molar-refractivity contribution in [3.8, 4) is 0 Å². The lowest BCUT2D eigenvalue weighted by Crippen LogP contribution is -2.07. The van der Waals surface area contributed by atoms with Crippen LogP contribution in [0.5, 0.6) is 0 Å². The van der Waals surface area contributed by atoms with Gasteiger partial charge in [-0.3, -0.25) is 4.79 Å². The maximum atomic E-state index is 12.7. The van der Waals surface area contributed by atoms with E-state index in [9.17, 15) is 17.6 Å². The van der Waals surface area contributed by atoms with Crippen molar-refractivity contribution in [1.29, 1.82) is 0 Å². The highest BCUT2D eigenvalue weighted by Gasteiger charge is 2.05. The molecule has 4 nitrogen and oxygen atoms in total. The SMILES string of the molecule is CS(=O)(=O)c1ccc(C=CC(=O)Nc2ccc(F)cc2)cc1. The minimum Gasteiger partial charge on any atom is -0.323 e. The van der Waals surface area contributed by atoms with Crippen LogP contribution in [0.15, 0.2) is 59.5 Å². The van der Waals surface area contributed by atoms with E-state index >= 15 is 0 Å². The number of hydrogen-bond acceptors (Lipinski definition) is 3. The van der Waals surface area contributed by atoms with Crippen LogP contribution in [-0.4, -0.2) is 20.6 Å². The van der Waals surface area contributed by atoms with Gasteiger partial charge in [0.15, 0.2) is 9.84 Å². The van der Waals surface area contributed by atoms with Gasteiger partial charge in [0.05, 0.1) is 4.90 Å². The van der Waals surface area contributed by atoms with Crippen molar-refractivity contribution in [2.24, 2.45) is 0 Å². The number of rotatable bonds is 4. The Balaban J connectivity index is 2.02. The Kier molecular flexibility index (Phi) is 4.72. The summed E-state index contributed by atoms with van der Waals surface area (Å²) < 4.78 is 35.4. The molecule has 1 amide bonds. The van der Waals surface area contributed by atoms with Gasteiger partial charge in [0.1, 0.15) is 5.82 Å². The van der Waals surface area contributed by atoms with E-state index in [2.05, 4.69) is 5.32 Å². The first-order valence-electron chi connectivity index (χ1n) is 6.39. The zero-order valence-electron chi connectivity index (χ0n) is 11.8. The summed E-state index contributed by atoms with van der Waals surface area (Å²) in [5, 5.41) is 2.59. The zero-order valence-corrected chi connectivity index (χ0v) is 12.6. The third-order valence-corrected chi connectivity index (χ3v) is 3.98. The van der Waals surface area contributed by atoms with Crippen molar-refractivity contribution in [3.05, 3.63) is 66.0 Å². The molecule has 0 aliphatic rings. The van der Waals surface area contributed by atoms with E-state index in [0.717, 1.165) is 6.26 Å². The second-order valence-electron chi connectivity index (χ2n) is 4.67. The fourth-order valence-corrected chi connectivity index (χ4v) is 2.35. The first kappa shape index (κ1) is 15.9. The van der Waals surface area contributed by atoms with E-state index in [1.165, 1.54) is 42.5 Å².